The maximum absolute atomic E-state index is 12.8. The molecule has 2 rings (SSSR count). The number of esters is 1. The van der Waals surface area contributed by atoms with Crippen molar-refractivity contribution >= 4 is 23.2 Å². The summed E-state index contributed by atoms with van der Waals surface area (Å²) in [4.78, 5) is 30.3. The Morgan fingerprint density at radius 1 is 1.19 bits per heavy atom. The first-order valence-electron chi connectivity index (χ1n) is 8.34. The highest BCUT2D eigenvalue weighted by atomic mass is 32.1. The van der Waals surface area contributed by atoms with Crippen molar-refractivity contribution < 1.29 is 19.1 Å². The normalized spacial score (nSPS) is 10.6. The summed E-state index contributed by atoms with van der Waals surface area (Å²) in [7, 11) is 2.91. The van der Waals surface area contributed by atoms with Gasteiger partial charge in [-0.05, 0) is 19.4 Å². The van der Waals surface area contributed by atoms with E-state index in [1.54, 1.807) is 17.4 Å². The molecule has 0 unspecified atom stereocenters. The number of methoxy groups -OCH3 is 2. The van der Waals surface area contributed by atoms with Crippen molar-refractivity contribution in [2.24, 2.45) is 0 Å². The van der Waals surface area contributed by atoms with E-state index in [0.717, 1.165) is 16.1 Å². The van der Waals surface area contributed by atoms with Crippen LogP contribution in [0.25, 0.3) is 10.6 Å². The third-order valence-corrected chi connectivity index (χ3v) is 4.88. The molecule has 0 aliphatic rings. The van der Waals surface area contributed by atoms with E-state index in [-0.39, 0.29) is 24.8 Å². The van der Waals surface area contributed by atoms with E-state index < -0.39 is 0 Å². The van der Waals surface area contributed by atoms with E-state index in [0.29, 0.717) is 18.8 Å². The predicted octanol–water partition coefficient (Wildman–Crippen LogP) is 3.08. The number of benzene rings is 1. The summed E-state index contributed by atoms with van der Waals surface area (Å²) in [5.74, 6) is -0.562. The molecule has 0 aliphatic carbocycles. The zero-order chi connectivity index (χ0) is 19.1. The van der Waals surface area contributed by atoms with Gasteiger partial charge in [0.2, 0.25) is 0 Å². The molecule has 140 valence electrons. The summed E-state index contributed by atoms with van der Waals surface area (Å²) < 4.78 is 9.72. The minimum absolute atomic E-state index is 0.139. The zero-order valence-corrected chi connectivity index (χ0v) is 16.4. The third-order valence-electron chi connectivity index (χ3n) is 4.00. The van der Waals surface area contributed by atoms with Crippen LogP contribution in [0.1, 0.15) is 28.0 Å². The maximum atomic E-state index is 12.8. The van der Waals surface area contributed by atoms with Crippen molar-refractivity contribution in [2.45, 2.75) is 20.3 Å². The van der Waals surface area contributed by atoms with Crippen LogP contribution >= 0.6 is 11.3 Å². The average Bonchev–Trinajstić information content (AvgIpc) is 3.10. The Hall–Kier alpha value is -2.25. The summed E-state index contributed by atoms with van der Waals surface area (Å²) in [5, 5.41) is 2.57. The molecule has 1 heterocycles. The lowest BCUT2D eigenvalue weighted by atomic mass is 10.1. The molecular weight excluding hydrogens is 352 g/mol. The van der Waals surface area contributed by atoms with Gasteiger partial charge in [0.05, 0.1) is 20.1 Å². The van der Waals surface area contributed by atoms with Crippen molar-refractivity contribution in [2.75, 3.05) is 33.9 Å². The quantitative estimate of drug-likeness (QED) is 0.662. The van der Waals surface area contributed by atoms with Crippen LogP contribution in [0, 0.1) is 13.8 Å². The van der Waals surface area contributed by atoms with Gasteiger partial charge >= 0.3 is 5.97 Å². The molecule has 0 aliphatic heterocycles. The first kappa shape index (κ1) is 20.1. The molecule has 2 aromatic rings. The summed E-state index contributed by atoms with van der Waals surface area (Å²) >= 11 is 1.44. The Morgan fingerprint density at radius 2 is 1.96 bits per heavy atom. The second kappa shape index (κ2) is 9.45. The first-order chi connectivity index (χ1) is 12.5. The fraction of sp³-hybridized carbons (Fsp3) is 0.421. The highest BCUT2D eigenvalue weighted by Crippen LogP contribution is 2.27. The van der Waals surface area contributed by atoms with E-state index in [9.17, 15) is 9.59 Å². The molecule has 0 N–H and O–H groups in total. The van der Waals surface area contributed by atoms with Gasteiger partial charge in [0.1, 0.15) is 10.7 Å². The van der Waals surface area contributed by atoms with Crippen molar-refractivity contribution in [3.8, 4) is 10.6 Å². The number of amides is 1. The van der Waals surface area contributed by atoms with Crippen LogP contribution in [-0.2, 0) is 14.3 Å². The van der Waals surface area contributed by atoms with Crippen molar-refractivity contribution in [3.05, 3.63) is 40.4 Å². The Kier molecular flexibility index (Phi) is 7.29. The first-order valence-corrected chi connectivity index (χ1v) is 9.22. The van der Waals surface area contributed by atoms with Gasteiger partial charge in [-0.1, -0.05) is 23.8 Å². The van der Waals surface area contributed by atoms with Crippen LogP contribution < -0.4 is 0 Å². The summed E-state index contributed by atoms with van der Waals surface area (Å²) in [6.45, 7) is 5.13. The van der Waals surface area contributed by atoms with Gasteiger partial charge in [-0.25, -0.2) is 4.98 Å². The second-order valence-corrected chi connectivity index (χ2v) is 6.83. The minimum Gasteiger partial charge on any atom is -0.469 e. The van der Waals surface area contributed by atoms with Gasteiger partial charge in [0.15, 0.2) is 0 Å². The number of aryl methyl sites for hydroxylation is 2. The molecule has 1 aromatic carbocycles. The Balaban J connectivity index is 2.17. The molecule has 7 heteroatoms. The lowest BCUT2D eigenvalue weighted by Crippen LogP contribution is -2.36. The number of carbonyl (C=O) groups excluding carboxylic acids is 2. The van der Waals surface area contributed by atoms with Crippen LogP contribution in [-0.4, -0.2) is 55.7 Å². The fourth-order valence-corrected chi connectivity index (χ4v) is 3.44. The van der Waals surface area contributed by atoms with Gasteiger partial charge in [-0.15, -0.1) is 11.3 Å². The highest BCUT2D eigenvalue weighted by Gasteiger charge is 2.20. The van der Waals surface area contributed by atoms with Crippen LogP contribution in [0.5, 0.6) is 0 Å². The van der Waals surface area contributed by atoms with Gasteiger partial charge < -0.3 is 14.4 Å². The van der Waals surface area contributed by atoms with E-state index in [2.05, 4.69) is 15.8 Å². The molecule has 1 aromatic heterocycles. The molecule has 26 heavy (non-hydrogen) atoms. The molecule has 0 bridgehead atoms. The standard InChI is InChI=1S/C19H24N2O4S/c1-13-5-6-15(14(2)11-13)18-20-16(12-26-18)19(23)21(9-10-24-3)8-7-17(22)25-4/h5-6,11-12H,7-10H2,1-4H3. The number of rotatable bonds is 8. The largest absolute Gasteiger partial charge is 0.469 e. The minimum atomic E-state index is -0.352. The number of aromatic nitrogens is 1. The van der Waals surface area contributed by atoms with E-state index in [1.807, 2.05) is 26.0 Å². The third kappa shape index (κ3) is 5.12. The average molecular weight is 376 g/mol. The molecule has 0 radical (unpaired) electrons. The fourth-order valence-electron chi connectivity index (χ4n) is 2.56. The summed E-state index contributed by atoms with van der Waals surface area (Å²) in [6, 6.07) is 6.16. The van der Waals surface area contributed by atoms with Gasteiger partial charge in [0, 0.05) is 31.1 Å². The van der Waals surface area contributed by atoms with Gasteiger partial charge in [-0.2, -0.15) is 0 Å². The highest BCUT2D eigenvalue weighted by molar-refractivity contribution is 7.13. The van der Waals surface area contributed by atoms with Crippen molar-refractivity contribution in [1.29, 1.82) is 0 Å². The number of nitrogens with zero attached hydrogens (tertiary/aromatic N) is 2. The SMILES string of the molecule is COCCN(CCC(=O)OC)C(=O)c1csc(-c2ccc(C)cc2C)n1. The Bertz CT molecular complexity index is 773. The van der Waals surface area contributed by atoms with Crippen molar-refractivity contribution in [3.63, 3.8) is 0 Å². The number of thiazole rings is 1. The second-order valence-electron chi connectivity index (χ2n) is 5.97. The monoisotopic (exact) mass is 376 g/mol. The maximum Gasteiger partial charge on any atom is 0.307 e. The predicted molar refractivity (Wildman–Crippen MR) is 101 cm³/mol. The molecule has 0 spiro atoms. The Labute approximate surface area is 157 Å². The Morgan fingerprint density at radius 3 is 2.62 bits per heavy atom. The van der Waals surface area contributed by atoms with Gasteiger partial charge in [-0.3, -0.25) is 9.59 Å². The number of carbonyl (C=O) groups is 2. The number of hydrogen-bond donors (Lipinski definition) is 0. The molecule has 0 saturated carbocycles. The molecule has 6 nitrogen and oxygen atoms in total. The summed E-state index contributed by atoms with van der Waals surface area (Å²) in [5.41, 5.74) is 3.72. The van der Waals surface area contributed by atoms with Crippen LogP contribution in [0.4, 0.5) is 0 Å². The number of hydrogen-bond acceptors (Lipinski definition) is 6. The molecule has 0 saturated heterocycles. The van der Waals surface area contributed by atoms with E-state index in [4.69, 9.17) is 4.74 Å². The number of ether oxygens (including phenoxy) is 2. The van der Waals surface area contributed by atoms with E-state index in [1.165, 1.54) is 24.0 Å². The van der Waals surface area contributed by atoms with Crippen LogP contribution in [0.15, 0.2) is 23.6 Å². The van der Waals surface area contributed by atoms with Crippen molar-refractivity contribution in [1.82, 2.24) is 9.88 Å². The zero-order valence-electron chi connectivity index (χ0n) is 15.6. The smallest absolute Gasteiger partial charge is 0.307 e. The lowest BCUT2D eigenvalue weighted by molar-refractivity contribution is -0.140. The summed E-state index contributed by atoms with van der Waals surface area (Å²) in [6.07, 6.45) is 0.139. The molecular formula is C19H24N2O4S. The van der Waals surface area contributed by atoms with Crippen LogP contribution in [0.3, 0.4) is 0 Å². The molecule has 1 amide bonds. The lowest BCUT2D eigenvalue weighted by Gasteiger charge is -2.20. The van der Waals surface area contributed by atoms with E-state index >= 15 is 0 Å². The topological polar surface area (TPSA) is 68.7 Å². The van der Waals surface area contributed by atoms with Gasteiger partial charge in [0.25, 0.3) is 5.91 Å². The van der Waals surface area contributed by atoms with Crippen LogP contribution in [0.2, 0.25) is 0 Å². The molecule has 0 fully saturated rings. The molecule has 0 atom stereocenters.